The molecule has 0 spiro atoms. The first-order valence-electron chi connectivity index (χ1n) is 18.5. The molecule has 0 aliphatic rings. The number of para-hydroxylation sites is 1. The fourth-order valence-corrected chi connectivity index (χ4v) is 9.13. The minimum Gasteiger partial charge on any atom is -0.452 e. The Hall–Kier alpha value is -7.16. The maximum atomic E-state index is 6.79. The minimum atomic E-state index is 0.791. The largest absolute Gasteiger partial charge is 0.452 e. The van der Waals surface area contributed by atoms with Gasteiger partial charge in [0.05, 0.1) is 0 Å². The van der Waals surface area contributed by atoms with Crippen LogP contribution in [0.25, 0.3) is 120 Å². The fourth-order valence-electron chi connectivity index (χ4n) is 9.13. The summed E-state index contributed by atoms with van der Waals surface area (Å²) in [5.74, 6) is 0. The number of fused-ring (bicyclic) bond motifs is 12. The van der Waals surface area contributed by atoms with Crippen molar-refractivity contribution in [1.82, 2.24) is 0 Å². The lowest BCUT2D eigenvalue weighted by atomic mass is 9.84. The summed E-state index contributed by atoms with van der Waals surface area (Å²) in [6.45, 7) is 0. The second kappa shape index (κ2) is 11.2. The Morgan fingerprint density at radius 1 is 0.278 bits per heavy atom. The van der Waals surface area contributed by atoms with E-state index in [1.54, 1.807) is 0 Å². The van der Waals surface area contributed by atoms with Crippen molar-refractivity contribution in [3.05, 3.63) is 182 Å². The van der Waals surface area contributed by atoms with Crippen LogP contribution in [-0.2, 0) is 0 Å². The molecule has 250 valence electrons. The van der Waals surface area contributed by atoms with Crippen LogP contribution < -0.4 is 0 Å². The van der Waals surface area contributed by atoms with Crippen LogP contribution in [0.1, 0.15) is 0 Å². The first-order chi connectivity index (χ1) is 26.8. The maximum absolute atomic E-state index is 6.79. The van der Waals surface area contributed by atoms with Gasteiger partial charge in [-0.15, -0.1) is 0 Å². The van der Waals surface area contributed by atoms with E-state index in [0.717, 1.165) is 55.0 Å². The zero-order chi connectivity index (χ0) is 35.3. The molecule has 2 aromatic heterocycles. The van der Waals surface area contributed by atoms with Crippen molar-refractivity contribution in [3.8, 4) is 33.4 Å². The average Bonchev–Trinajstić information content (AvgIpc) is 3.81. The quantitative estimate of drug-likeness (QED) is 0.173. The van der Waals surface area contributed by atoms with E-state index in [2.05, 4.69) is 170 Å². The summed E-state index contributed by atoms with van der Waals surface area (Å²) < 4.78 is 13.2. The molecule has 2 heteroatoms. The smallest absolute Gasteiger partial charge is 0.178 e. The summed E-state index contributed by atoms with van der Waals surface area (Å²) in [5.41, 5.74) is 10.6. The molecule has 0 unspecified atom stereocenters. The molecule has 10 aromatic carbocycles. The van der Waals surface area contributed by atoms with Gasteiger partial charge in [-0.25, -0.2) is 0 Å². The summed E-state index contributed by atoms with van der Waals surface area (Å²) in [4.78, 5) is 0. The molecule has 2 heterocycles. The highest BCUT2D eigenvalue weighted by Crippen LogP contribution is 2.47. The zero-order valence-electron chi connectivity index (χ0n) is 29.1. The Morgan fingerprint density at radius 3 is 1.59 bits per heavy atom. The van der Waals surface area contributed by atoms with Gasteiger partial charge in [-0.3, -0.25) is 0 Å². The number of hydrogen-bond donors (Lipinski definition) is 0. The molecular formula is C52H30O2. The fraction of sp³-hybridized carbons (Fsp3) is 0. The van der Waals surface area contributed by atoms with Crippen molar-refractivity contribution in [2.45, 2.75) is 0 Å². The van der Waals surface area contributed by atoms with Crippen molar-refractivity contribution in [3.63, 3.8) is 0 Å². The van der Waals surface area contributed by atoms with Gasteiger partial charge in [0.15, 0.2) is 11.2 Å². The van der Waals surface area contributed by atoms with Crippen LogP contribution >= 0.6 is 0 Å². The van der Waals surface area contributed by atoms with Gasteiger partial charge in [-0.2, -0.15) is 0 Å². The summed E-state index contributed by atoms with van der Waals surface area (Å²) >= 11 is 0. The van der Waals surface area contributed by atoms with Gasteiger partial charge in [0.1, 0.15) is 11.2 Å². The second-order valence-corrected chi connectivity index (χ2v) is 14.3. The monoisotopic (exact) mass is 686 g/mol. The third-order valence-electron chi connectivity index (χ3n) is 11.4. The average molecular weight is 687 g/mol. The normalized spacial score (nSPS) is 12.1. The Balaban J connectivity index is 1.11. The highest BCUT2D eigenvalue weighted by molar-refractivity contribution is 6.27. The van der Waals surface area contributed by atoms with Crippen LogP contribution in [0.4, 0.5) is 0 Å². The highest BCUT2D eigenvalue weighted by atomic mass is 16.4. The van der Waals surface area contributed by atoms with E-state index in [4.69, 9.17) is 8.83 Å². The van der Waals surface area contributed by atoms with Crippen LogP contribution in [0.2, 0.25) is 0 Å². The summed E-state index contributed by atoms with van der Waals surface area (Å²) in [7, 11) is 0. The van der Waals surface area contributed by atoms with Crippen molar-refractivity contribution < 1.29 is 8.83 Å². The highest BCUT2D eigenvalue weighted by Gasteiger charge is 2.21. The molecule has 0 atom stereocenters. The standard InChI is InChI=1S/C52H30O2/c1-2-17-34-31(13-1)14-12-25-37(34)49-41-23-7-5-21-39(41)48(40-22-6-8-24-42(40)49)33-16-11-15-32(29-33)45-30-47-50(38-20-4-3-18-35(38)45)44-28-27-43-36-19-9-10-26-46(36)53-51(43)52(44)54-47/h1-30H. The van der Waals surface area contributed by atoms with E-state index in [-0.39, 0.29) is 0 Å². The molecule has 0 bridgehead atoms. The van der Waals surface area contributed by atoms with Crippen LogP contribution in [0.5, 0.6) is 0 Å². The third-order valence-corrected chi connectivity index (χ3v) is 11.4. The number of rotatable bonds is 3. The molecule has 0 saturated heterocycles. The summed E-state index contributed by atoms with van der Waals surface area (Å²) in [6, 6.07) is 65.7. The van der Waals surface area contributed by atoms with Gasteiger partial charge in [0.2, 0.25) is 0 Å². The molecule has 2 nitrogen and oxygen atoms in total. The zero-order valence-corrected chi connectivity index (χ0v) is 29.1. The van der Waals surface area contributed by atoms with Gasteiger partial charge in [0, 0.05) is 21.5 Å². The van der Waals surface area contributed by atoms with Crippen molar-refractivity contribution in [2.24, 2.45) is 0 Å². The van der Waals surface area contributed by atoms with Crippen molar-refractivity contribution >= 4 is 87.0 Å². The van der Waals surface area contributed by atoms with Crippen LogP contribution in [0, 0.1) is 0 Å². The number of hydrogen-bond acceptors (Lipinski definition) is 2. The summed E-state index contributed by atoms with van der Waals surface area (Å²) in [6.07, 6.45) is 0. The Labute approximate surface area is 310 Å². The molecule has 0 radical (unpaired) electrons. The van der Waals surface area contributed by atoms with Crippen molar-refractivity contribution in [1.29, 1.82) is 0 Å². The molecule has 0 fully saturated rings. The Kier molecular flexibility index (Phi) is 6.09. The van der Waals surface area contributed by atoms with E-state index >= 15 is 0 Å². The van der Waals surface area contributed by atoms with Crippen molar-refractivity contribution in [2.75, 3.05) is 0 Å². The van der Waals surface area contributed by atoms with Gasteiger partial charge in [-0.05, 0) is 107 Å². The molecule has 12 aromatic rings. The molecule has 12 rings (SSSR count). The Morgan fingerprint density at radius 2 is 0.815 bits per heavy atom. The molecule has 0 amide bonds. The summed E-state index contributed by atoms with van der Waals surface area (Å²) in [5, 5.41) is 14.2. The predicted octanol–water partition coefficient (Wildman–Crippen LogP) is 15.1. The van der Waals surface area contributed by atoms with Crippen LogP contribution in [-0.4, -0.2) is 0 Å². The lowest BCUT2D eigenvalue weighted by Crippen LogP contribution is -1.92. The third kappa shape index (κ3) is 4.11. The van der Waals surface area contributed by atoms with E-state index in [9.17, 15) is 0 Å². The maximum Gasteiger partial charge on any atom is 0.178 e. The number of benzene rings is 10. The molecule has 0 aliphatic carbocycles. The van der Waals surface area contributed by atoms with E-state index < -0.39 is 0 Å². The van der Waals surface area contributed by atoms with E-state index in [0.29, 0.717) is 0 Å². The molecule has 54 heavy (non-hydrogen) atoms. The lowest BCUT2D eigenvalue weighted by Gasteiger charge is -2.19. The Bertz CT molecular complexity index is 3440. The van der Waals surface area contributed by atoms with Crippen LogP contribution in [0.3, 0.4) is 0 Å². The van der Waals surface area contributed by atoms with Gasteiger partial charge in [-0.1, -0.05) is 152 Å². The molecule has 0 aliphatic heterocycles. The minimum absolute atomic E-state index is 0.791. The van der Waals surface area contributed by atoms with Gasteiger partial charge < -0.3 is 8.83 Å². The topological polar surface area (TPSA) is 26.3 Å². The van der Waals surface area contributed by atoms with Crippen LogP contribution in [0.15, 0.2) is 191 Å². The first kappa shape index (κ1) is 29.4. The molecular weight excluding hydrogens is 657 g/mol. The van der Waals surface area contributed by atoms with E-state index in [1.165, 1.54) is 65.3 Å². The first-order valence-corrected chi connectivity index (χ1v) is 18.5. The molecule has 0 saturated carbocycles. The van der Waals surface area contributed by atoms with Gasteiger partial charge >= 0.3 is 0 Å². The van der Waals surface area contributed by atoms with E-state index in [1.807, 2.05) is 12.1 Å². The lowest BCUT2D eigenvalue weighted by molar-refractivity contribution is 0.633. The molecule has 0 N–H and O–H groups in total. The van der Waals surface area contributed by atoms with Gasteiger partial charge in [0.25, 0.3) is 0 Å². The SMILES string of the molecule is c1cc(-c2c3ccccc3c(-c3cccc4ccccc34)c3ccccc23)cc(-c2cc3oc4c(ccc5c6ccccc6oc54)c3c3ccccc23)c1. The number of furan rings is 2. The predicted molar refractivity (Wildman–Crippen MR) is 227 cm³/mol. The second-order valence-electron chi connectivity index (χ2n) is 14.3.